The van der Waals surface area contributed by atoms with E-state index in [4.69, 9.17) is 16.3 Å². The van der Waals surface area contributed by atoms with Crippen molar-refractivity contribution in [2.75, 3.05) is 25.1 Å². The fourth-order valence-corrected chi connectivity index (χ4v) is 5.83. The molecule has 4 rings (SSSR count). The van der Waals surface area contributed by atoms with Crippen LogP contribution in [0.5, 0.6) is 5.75 Å². The number of rotatable bonds is 8. The molecule has 1 saturated heterocycles. The molecule has 8 heteroatoms. The molecule has 0 radical (unpaired) electrons. The van der Waals surface area contributed by atoms with E-state index < -0.39 is 9.84 Å². The Hall–Kier alpha value is -2.90. The Morgan fingerprint density at radius 2 is 1.85 bits per heavy atom. The van der Waals surface area contributed by atoms with Crippen LogP contribution in [0.4, 0.5) is 5.69 Å². The molecular formula is C25H25ClN2O4S. The van der Waals surface area contributed by atoms with Gasteiger partial charge in [-0.3, -0.25) is 4.79 Å². The number of halogens is 1. The van der Waals surface area contributed by atoms with Crippen LogP contribution in [0.3, 0.4) is 0 Å². The third-order valence-corrected chi connectivity index (χ3v) is 7.67. The zero-order valence-electron chi connectivity index (χ0n) is 18.3. The van der Waals surface area contributed by atoms with Crippen molar-refractivity contribution < 1.29 is 17.9 Å². The van der Waals surface area contributed by atoms with Crippen LogP contribution in [-0.2, 0) is 22.0 Å². The Kier molecular flexibility index (Phi) is 7.00. The van der Waals surface area contributed by atoms with Gasteiger partial charge in [0.1, 0.15) is 10.9 Å². The van der Waals surface area contributed by atoms with Gasteiger partial charge < -0.3 is 9.64 Å². The highest BCUT2D eigenvalue weighted by molar-refractivity contribution is 7.90. The maximum atomic E-state index is 13.6. The molecule has 1 aliphatic heterocycles. The number of Topliss-reactive ketones (excluding diaryl/α,β-unsaturated/α-hetero) is 1. The van der Waals surface area contributed by atoms with Crippen molar-refractivity contribution in [3.63, 3.8) is 0 Å². The minimum atomic E-state index is -3.71. The van der Waals surface area contributed by atoms with Crippen LogP contribution in [0.1, 0.15) is 34.3 Å². The number of carbonyl (C=O) groups is 1. The van der Waals surface area contributed by atoms with Crippen molar-refractivity contribution in [2.24, 2.45) is 0 Å². The van der Waals surface area contributed by atoms with Crippen molar-refractivity contribution in [3.05, 3.63) is 82.6 Å². The largest absolute Gasteiger partial charge is 0.496 e. The van der Waals surface area contributed by atoms with Gasteiger partial charge in [0.25, 0.3) is 0 Å². The summed E-state index contributed by atoms with van der Waals surface area (Å²) in [4.78, 5) is 19.0. The van der Waals surface area contributed by atoms with Crippen LogP contribution in [-0.4, -0.2) is 39.4 Å². The number of ketones is 1. The summed E-state index contributed by atoms with van der Waals surface area (Å²) < 4.78 is 32.6. The number of methoxy groups -OCH3 is 1. The third-order valence-electron chi connectivity index (χ3n) is 5.76. The number of pyridine rings is 1. The molecule has 0 aliphatic carbocycles. The lowest BCUT2D eigenvalue weighted by Gasteiger charge is -2.22. The molecule has 33 heavy (non-hydrogen) atoms. The average molecular weight is 485 g/mol. The van der Waals surface area contributed by atoms with Crippen LogP contribution in [0.25, 0.3) is 0 Å². The van der Waals surface area contributed by atoms with E-state index in [0.29, 0.717) is 33.3 Å². The molecule has 0 atom stereocenters. The summed E-state index contributed by atoms with van der Waals surface area (Å²) in [7, 11) is -2.18. The minimum Gasteiger partial charge on any atom is -0.496 e. The number of aromatic nitrogens is 1. The second-order valence-electron chi connectivity index (χ2n) is 8.04. The maximum absolute atomic E-state index is 13.6. The summed E-state index contributed by atoms with van der Waals surface area (Å²) >= 11 is 5.81. The zero-order valence-corrected chi connectivity index (χ0v) is 19.9. The van der Waals surface area contributed by atoms with Gasteiger partial charge in [-0.05, 0) is 48.7 Å². The molecule has 172 valence electrons. The molecule has 1 aliphatic rings. The van der Waals surface area contributed by atoms with Crippen LogP contribution < -0.4 is 9.64 Å². The smallest absolute Gasteiger partial charge is 0.184 e. The average Bonchev–Trinajstić information content (AvgIpc) is 3.34. The first kappa shape index (κ1) is 23.3. The fraction of sp³-hybridized carbons (Fsp3) is 0.280. The van der Waals surface area contributed by atoms with Gasteiger partial charge in [0.15, 0.2) is 15.6 Å². The highest BCUT2D eigenvalue weighted by atomic mass is 35.5. The number of hydrogen-bond donors (Lipinski definition) is 0. The molecule has 0 saturated carbocycles. The Bertz CT molecular complexity index is 1250. The summed E-state index contributed by atoms with van der Waals surface area (Å²) in [5.41, 5.74) is 2.35. The van der Waals surface area contributed by atoms with Crippen LogP contribution >= 0.6 is 11.6 Å². The van der Waals surface area contributed by atoms with Gasteiger partial charge in [-0.1, -0.05) is 35.9 Å². The molecule has 1 fully saturated rings. The summed E-state index contributed by atoms with van der Waals surface area (Å²) in [6.45, 7) is 1.62. The lowest BCUT2D eigenvalue weighted by Crippen LogP contribution is -2.21. The number of para-hydroxylation sites is 1. The Labute approximate surface area is 199 Å². The van der Waals surface area contributed by atoms with Gasteiger partial charge >= 0.3 is 0 Å². The second-order valence-corrected chi connectivity index (χ2v) is 10.4. The lowest BCUT2D eigenvalue weighted by molar-refractivity contribution is 0.0992. The van der Waals surface area contributed by atoms with Gasteiger partial charge in [0.05, 0.1) is 23.4 Å². The number of ether oxygens (including phenoxy) is 1. The van der Waals surface area contributed by atoms with E-state index in [0.717, 1.165) is 25.9 Å². The predicted molar refractivity (Wildman–Crippen MR) is 129 cm³/mol. The van der Waals surface area contributed by atoms with Crippen molar-refractivity contribution in [1.29, 1.82) is 0 Å². The molecular weight excluding hydrogens is 460 g/mol. The van der Waals surface area contributed by atoms with Crippen molar-refractivity contribution in [1.82, 2.24) is 4.98 Å². The van der Waals surface area contributed by atoms with Gasteiger partial charge in [0, 0.05) is 36.8 Å². The van der Waals surface area contributed by atoms with E-state index in [1.165, 1.54) is 13.3 Å². The molecule has 0 unspecified atom stereocenters. The van der Waals surface area contributed by atoms with Gasteiger partial charge in [0.2, 0.25) is 0 Å². The molecule has 3 aromatic rings. The van der Waals surface area contributed by atoms with Crippen LogP contribution in [0.15, 0.2) is 65.7 Å². The van der Waals surface area contributed by atoms with Crippen molar-refractivity contribution in [2.45, 2.75) is 29.9 Å². The number of carbonyl (C=O) groups excluding carboxylic acids is 1. The summed E-state index contributed by atoms with van der Waals surface area (Å²) in [6.07, 6.45) is 3.55. The van der Waals surface area contributed by atoms with Crippen LogP contribution in [0, 0.1) is 0 Å². The highest BCUT2D eigenvalue weighted by Gasteiger charge is 2.26. The first-order valence-electron chi connectivity index (χ1n) is 10.7. The molecule has 2 aromatic carbocycles. The lowest BCUT2D eigenvalue weighted by atomic mass is 10.0. The Morgan fingerprint density at radius 3 is 2.55 bits per heavy atom. The van der Waals surface area contributed by atoms with Gasteiger partial charge in [-0.25, -0.2) is 13.4 Å². The number of sulfone groups is 1. The molecule has 0 N–H and O–H groups in total. The molecule has 0 spiro atoms. The summed E-state index contributed by atoms with van der Waals surface area (Å²) in [6, 6.07) is 15.6. The molecule has 1 aromatic heterocycles. The Morgan fingerprint density at radius 1 is 1.09 bits per heavy atom. The molecule has 0 bridgehead atoms. The van der Waals surface area contributed by atoms with Crippen molar-refractivity contribution in [3.8, 4) is 5.75 Å². The molecule has 6 nitrogen and oxygen atoms in total. The SMILES string of the molecule is COc1ccccc1CS(=O)(=O)c1cc(CC(=O)c2ccc(Cl)nc2)ccc1N1CCCC1. The number of nitrogens with zero attached hydrogens (tertiary/aromatic N) is 2. The normalized spacial score (nSPS) is 13.8. The monoisotopic (exact) mass is 484 g/mol. The molecule has 0 amide bonds. The van der Waals surface area contributed by atoms with E-state index in [9.17, 15) is 13.2 Å². The summed E-state index contributed by atoms with van der Waals surface area (Å²) in [5.74, 6) is 0.197. The van der Waals surface area contributed by atoms with E-state index in [1.54, 1.807) is 36.4 Å². The number of benzene rings is 2. The first-order chi connectivity index (χ1) is 15.9. The number of hydrogen-bond acceptors (Lipinski definition) is 6. The van der Waals surface area contributed by atoms with E-state index in [1.807, 2.05) is 18.2 Å². The predicted octanol–water partition coefficient (Wildman–Crippen LogP) is 4.74. The standard InChI is InChI=1S/C25H25ClN2O4S/c1-32-23-7-3-2-6-20(23)17-33(30,31)24-15-18(8-10-21(24)28-12-4-5-13-28)14-22(29)19-9-11-25(26)27-16-19/h2-3,6-11,15-16H,4-5,12-14,17H2,1H3. The zero-order chi connectivity index (χ0) is 23.4. The third kappa shape index (κ3) is 5.37. The van der Waals surface area contributed by atoms with Gasteiger partial charge in [-0.2, -0.15) is 0 Å². The minimum absolute atomic E-state index is 0.0702. The van der Waals surface area contributed by atoms with E-state index in [-0.39, 0.29) is 22.9 Å². The molecule has 2 heterocycles. The first-order valence-corrected chi connectivity index (χ1v) is 12.8. The van der Waals surface area contributed by atoms with E-state index >= 15 is 0 Å². The van der Waals surface area contributed by atoms with Gasteiger partial charge in [-0.15, -0.1) is 0 Å². The quantitative estimate of drug-likeness (QED) is 0.339. The second kappa shape index (κ2) is 9.93. The number of anilines is 1. The topological polar surface area (TPSA) is 76.6 Å². The van der Waals surface area contributed by atoms with Crippen LogP contribution in [0.2, 0.25) is 5.15 Å². The van der Waals surface area contributed by atoms with Crippen molar-refractivity contribution >= 4 is 32.9 Å². The van der Waals surface area contributed by atoms with E-state index in [2.05, 4.69) is 9.88 Å². The Balaban J connectivity index is 1.69. The maximum Gasteiger partial charge on any atom is 0.184 e. The summed E-state index contributed by atoms with van der Waals surface area (Å²) in [5, 5.41) is 0.311. The highest BCUT2D eigenvalue weighted by Crippen LogP contribution is 2.33. The fourth-order valence-electron chi connectivity index (χ4n) is 4.07.